The molecule has 1 aliphatic heterocycles. The van der Waals surface area contributed by atoms with E-state index in [0.29, 0.717) is 0 Å². The number of rotatable bonds is 4. The lowest BCUT2D eigenvalue weighted by Gasteiger charge is -2.34. The monoisotopic (exact) mass is 220 g/mol. The zero-order chi connectivity index (χ0) is 11.6. The van der Waals surface area contributed by atoms with Crippen molar-refractivity contribution in [3.8, 4) is 0 Å². The first kappa shape index (κ1) is 12.2. The molecule has 0 aromatic heterocycles. The maximum atomic E-state index is 11.8. The summed E-state index contributed by atoms with van der Waals surface area (Å²) in [6.07, 6.45) is 0. The topological polar surface area (TPSA) is 60.5 Å². The number of urea groups is 1. The molecule has 0 aromatic rings. The van der Waals surface area contributed by atoms with E-state index in [4.69, 9.17) is 19.1 Å². The van der Waals surface area contributed by atoms with Crippen LogP contribution in [0.1, 0.15) is 6.92 Å². The molecular formula is C8H16N2O5. The van der Waals surface area contributed by atoms with Gasteiger partial charge in [-0.3, -0.25) is 9.68 Å². The van der Waals surface area contributed by atoms with Crippen LogP contribution in [0, 0.1) is 0 Å². The summed E-state index contributed by atoms with van der Waals surface area (Å²) in [5, 5.41) is 2.11. The van der Waals surface area contributed by atoms with E-state index in [1.165, 1.54) is 28.4 Å². The summed E-state index contributed by atoms with van der Waals surface area (Å²) in [5.41, 5.74) is 0. The van der Waals surface area contributed by atoms with E-state index in [1.807, 2.05) is 0 Å². The highest BCUT2D eigenvalue weighted by Crippen LogP contribution is 2.34. The molecule has 1 unspecified atom stereocenters. The van der Waals surface area contributed by atoms with Gasteiger partial charge in [-0.2, -0.15) is 5.06 Å². The van der Waals surface area contributed by atoms with Gasteiger partial charge in [0.1, 0.15) is 6.04 Å². The van der Waals surface area contributed by atoms with Crippen molar-refractivity contribution in [1.29, 1.82) is 0 Å². The molecule has 1 saturated heterocycles. The Morgan fingerprint density at radius 3 is 1.93 bits per heavy atom. The number of amides is 2. The van der Waals surface area contributed by atoms with Crippen molar-refractivity contribution in [3.05, 3.63) is 0 Å². The molecule has 0 saturated carbocycles. The van der Waals surface area contributed by atoms with Gasteiger partial charge in [0.15, 0.2) is 0 Å². The highest BCUT2D eigenvalue weighted by Gasteiger charge is 2.59. The smallest absolute Gasteiger partial charge is 0.333 e. The molecule has 7 nitrogen and oxygen atoms in total. The average molecular weight is 220 g/mol. The van der Waals surface area contributed by atoms with Gasteiger partial charge in [-0.05, 0) is 6.92 Å². The van der Waals surface area contributed by atoms with Crippen molar-refractivity contribution in [2.75, 3.05) is 28.4 Å². The lowest BCUT2D eigenvalue weighted by atomic mass is 10.3. The number of ether oxygens (including phenoxy) is 2. The van der Waals surface area contributed by atoms with E-state index in [9.17, 15) is 4.79 Å². The van der Waals surface area contributed by atoms with Crippen molar-refractivity contribution >= 4 is 6.03 Å². The van der Waals surface area contributed by atoms with Crippen LogP contribution in [0.15, 0.2) is 0 Å². The van der Waals surface area contributed by atoms with Crippen LogP contribution < -0.4 is 0 Å². The van der Waals surface area contributed by atoms with Gasteiger partial charge in [-0.1, -0.05) is 0 Å². The summed E-state index contributed by atoms with van der Waals surface area (Å²) >= 11 is 0. The van der Waals surface area contributed by atoms with E-state index >= 15 is 0 Å². The third-order valence-corrected chi connectivity index (χ3v) is 2.49. The Kier molecular flexibility index (Phi) is 3.50. The number of carbonyl (C=O) groups excluding carboxylic acids is 1. The Balaban J connectivity index is 3.09. The fourth-order valence-electron chi connectivity index (χ4n) is 1.74. The Bertz CT molecular complexity index is 243. The molecule has 88 valence electrons. The van der Waals surface area contributed by atoms with Gasteiger partial charge >= 0.3 is 11.9 Å². The van der Waals surface area contributed by atoms with Crippen LogP contribution in [-0.4, -0.2) is 56.5 Å². The van der Waals surface area contributed by atoms with Gasteiger partial charge in [-0.15, -0.1) is 5.06 Å². The molecule has 7 heteroatoms. The fraction of sp³-hybridized carbons (Fsp3) is 0.875. The summed E-state index contributed by atoms with van der Waals surface area (Å²) in [6.45, 7) is 1.73. The van der Waals surface area contributed by atoms with E-state index in [2.05, 4.69) is 0 Å². The van der Waals surface area contributed by atoms with E-state index in [-0.39, 0.29) is 0 Å². The average Bonchev–Trinajstić information content (AvgIpc) is 2.46. The highest BCUT2D eigenvalue weighted by molar-refractivity contribution is 5.75. The maximum absolute atomic E-state index is 11.8. The second kappa shape index (κ2) is 4.31. The Labute approximate surface area is 88.3 Å². The molecule has 0 aromatic carbocycles. The van der Waals surface area contributed by atoms with Crippen molar-refractivity contribution in [1.82, 2.24) is 10.1 Å². The summed E-state index contributed by atoms with van der Waals surface area (Å²) in [6, 6.07) is -0.929. The maximum Gasteiger partial charge on any atom is 0.373 e. The SMILES string of the molecule is CON1C(=O)N(OC)C(OC)(OC)C1C. The second-order valence-electron chi connectivity index (χ2n) is 2.98. The normalized spacial score (nSPS) is 25.1. The van der Waals surface area contributed by atoms with Gasteiger partial charge < -0.3 is 9.47 Å². The molecule has 0 spiro atoms. The molecule has 0 N–H and O–H groups in total. The van der Waals surface area contributed by atoms with Crippen LogP contribution in [-0.2, 0) is 19.1 Å². The highest BCUT2D eigenvalue weighted by atomic mass is 16.8. The van der Waals surface area contributed by atoms with Crippen LogP contribution in [0.2, 0.25) is 0 Å². The Hall–Kier alpha value is -0.890. The third kappa shape index (κ3) is 1.48. The summed E-state index contributed by atoms with van der Waals surface area (Å²) < 4.78 is 10.4. The van der Waals surface area contributed by atoms with Gasteiger partial charge in [0.2, 0.25) is 0 Å². The van der Waals surface area contributed by atoms with E-state index < -0.39 is 18.0 Å². The Morgan fingerprint density at radius 2 is 1.67 bits per heavy atom. The fourth-order valence-corrected chi connectivity index (χ4v) is 1.74. The molecule has 0 aliphatic carbocycles. The van der Waals surface area contributed by atoms with Crippen LogP contribution in [0.5, 0.6) is 0 Å². The van der Waals surface area contributed by atoms with E-state index in [1.54, 1.807) is 6.92 Å². The molecule has 1 rings (SSSR count). The van der Waals surface area contributed by atoms with Gasteiger partial charge in [0.05, 0.1) is 14.2 Å². The Morgan fingerprint density at radius 1 is 1.13 bits per heavy atom. The first-order valence-corrected chi connectivity index (χ1v) is 4.41. The quantitative estimate of drug-likeness (QED) is 0.632. The lowest BCUT2D eigenvalue weighted by Crippen LogP contribution is -2.53. The minimum Gasteiger partial charge on any atom is -0.333 e. The second-order valence-corrected chi connectivity index (χ2v) is 2.98. The predicted octanol–water partition coefficient (Wildman–Crippen LogP) is 0.182. The zero-order valence-corrected chi connectivity index (χ0v) is 9.51. The largest absolute Gasteiger partial charge is 0.373 e. The molecule has 1 heterocycles. The van der Waals surface area contributed by atoms with Crippen LogP contribution >= 0.6 is 0 Å². The van der Waals surface area contributed by atoms with Crippen molar-refractivity contribution in [2.24, 2.45) is 0 Å². The third-order valence-electron chi connectivity index (χ3n) is 2.49. The van der Waals surface area contributed by atoms with Crippen molar-refractivity contribution in [2.45, 2.75) is 18.9 Å². The number of nitrogens with zero attached hydrogens (tertiary/aromatic N) is 2. The van der Waals surface area contributed by atoms with Gasteiger partial charge in [0, 0.05) is 14.2 Å². The lowest BCUT2D eigenvalue weighted by molar-refractivity contribution is -0.360. The number of hydrogen-bond donors (Lipinski definition) is 0. The molecule has 0 radical (unpaired) electrons. The molecule has 1 fully saturated rings. The van der Waals surface area contributed by atoms with Crippen LogP contribution in [0.3, 0.4) is 0 Å². The molecule has 15 heavy (non-hydrogen) atoms. The van der Waals surface area contributed by atoms with E-state index in [0.717, 1.165) is 10.1 Å². The van der Waals surface area contributed by atoms with Gasteiger partial charge in [-0.25, -0.2) is 4.79 Å². The predicted molar refractivity (Wildman–Crippen MR) is 49.3 cm³/mol. The number of hydroxylamine groups is 4. The van der Waals surface area contributed by atoms with Gasteiger partial charge in [0.25, 0.3) is 0 Å². The first-order chi connectivity index (χ1) is 7.08. The van der Waals surface area contributed by atoms with Crippen LogP contribution in [0.25, 0.3) is 0 Å². The summed E-state index contributed by atoms with van der Waals surface area (Å²) in [7, 11) is 5.61. The first-order valence-electron chi connectivity index (χ1n) is 4.41. The standard InChI is InChI=1S/C8H16N2O5/c1-6-8(12-2,13-3)10(15-5)7(11)9(6)14-4/h6H,1-5H3. The summed E-state index contributed by atoms with van der Waals surface area (Å²) in [4.78, 5) is 21.6. The molecule has 2 amide bonds. The number of hydrogen-bond acceptors (Lipinski definition) is 5. The molecule has 0 bridgehead atoms. The number of methoxy groups -OCH3 is 2. The summed E-state index contributed by atoms with van der Waals surface area (Å²) in [5.74, 6) is -1.29. The van der Waals surface area contributed by atoms with Crippen molar-refractivity contribution < 1.29 is 23.9 Å². The molecule has 1 atom stereocenters. The zero-order valence-electron chi connectivity index (χ0n) is 9.51. The molecular weight excluding hydrogens is 204 g/mol. The minimum absolute atomic E-state index is 0.454. The van der Waals surface area contributed by atoms with Crippen molar-refractivity contribution in [3.63, 3.8) is 0 Å². The minimum atomic E-state index is -1.29. The number of carbonyl (C=O) groups is 1. The van der Waals surface area contributed by atoms with Crippen LogP contribution in [0.4, 0.5) is 4.79 Å². The molecule has 1 aliphatic rings.